The molecule has 0 bridgehead atoms. The molecule has 1 N–H and O–H groups in total. The number of esters is 1. The van der Waals surface area contributed by atoms with Crippen molar-refractivity contribution in [3.05, 3.63) is 65.5 Å². The molecule has 0 atom stereocenters. The molecule has 7 nitrogen and oxygen atoms in total. The topological polar surface area (TPSA) is 94.6 Å². The van der Waals surface area contributed by atoms with E-state index in [1.54, 1.807) is 24.3 Å². The Balaban J connectivity index is 1.52. The molecule has 128 valence electrons. The predicted molar refractivity (Wildman–Crippen MR) is 88.0 cm³/mol. The Bertz CT molecular complexity index is 850. The highest BCUT2D eigenvalue weighted by Crippen LogP contribution is 2.20. The van der Waals surface area contributed by atoms with E-state index in [1.807, 2.05) is 12.1 Å². The maximum absolute atomic E-state index is 12.1. The largest absolute Gasteiger partial charge is 0.465 e. The second-order valence-corrected chi connectivity index (χ2v) is 5.25. The second-order valence-electron chi connectivity index (χ2n) is 5.25. The highest BCUT2D eigenvalue weighted by Gasteiger charge is 2.14. The minimum atomic E-state index is -0.377. The molecule has 0 aliphatic rings. The molecule has 0 unspecified atom stereocenters. The molecule has 0 saturated heterocycles. The third kappa shape index (κ3) is 3.95. The van der Waals surface area contributed by atoms with Gasteiger partial charge in [0.1, 0.15) is 0 Å². The number of carbonyl (C=O) groups is 2. The van der Waals surface area contributed by atoms with Crippen LogP contribution in [0.3, 0.4) is 0 Å². The summed E-state index contributed by atoms with van der Waals surface area (Å²) >= 11 is 0. The summed E-state index contributed by atoms with van der Waals surface area (Å²) in [5, 5.41) is 6.51. The van der Waals surface area contributed by atoms with Crippen LogP contribution in [0.15, 0.2) is 57.7 Å². The number of nitrogens with zero attached hydrogens (tertiary/aromatic N) is 1. The van der Waals surface area contributed by atoms with Gasteiger partial charge in [0.05, 0.1) is 18.9 Å². The Morgan fingerprint density at radius 1 is 1.16 bits per heavy atom. The average molecular weight is 340 g/mol. The van der Waals surface area contributed by atoms with Crippen molar-refractivity contribution in [1.82, 2.24) is 10.5 Å². The number of carbonyl (C=O) groups excluding carboxylic acids is 2. The van der Waals surface area contributed by atoms with Crippen molar-refractivity contribution in [3.8, 4) is 11.5 Å². The molecule has 0 spiro atoms. The van der Waals surface area contributed by atoms with Crippen molar-refractivity contribution < 1.29 is 23.3 Å². The lowest BCUT2D eigenvalue weighted by Crippen LogP contribution is -2.25. The van der Waals surface area contributed by atoms with E-state index in [9.17, 15) is 9.59 Å². The summed E-state index contributed by atoms with van der Waals surface area (Å²) in [6.07, 6.45) is 2.14. The Kier molecular flexibility index (Phi) is 4.94. The number of furan rings is 1. The fourth-order valence-corrected chi connectivity index (χ4v) is 2.25. The molecule has 1 amide bonds. The third-order valence-corrected chi connectivity index (χ3v) is 3.58. The van der Waals surface area contributed by atoms with Crippen LogP contribution >= 0.6 is 0 Å². The van der Waals surface area contributed by atoms with E-state index < -0.39 is 0 Å². The molecule has 7 heteroatoms. The predicted octanol–water partition coefficient (Wildman–Crippen LogP) is 2.69. The number of rotatable bonds is 6. The van der Waals surface area contributed by atoms with Crippen molar-refractivity contribution in [3.63, 3.8) is 0 Å². The quantitative estimate of drug-likeness (QED) is 0.693. The molecule has 1 aromatic carbocycles. The van der Waals surface area contributed by atoms with Crippen molar-refractivity contribution in [2.75, 3.05) is 13.7 Å². The van der Waals surface area contributed by atoms with E-state index in [-0.39, 0.29) is 17.6 Å². The zero-order chi connectivity index (χ0) is 17.6. The lowest BCUT2D eigenvalue weighted by molar-refractivity contribution is 0.0600. The highest BCUT2D eigenvalue weighted by atomic mass is 16.5. The van der Waals surface area contributed by atoms with Crippen LogP contribution in [0.4, 0.5) is 0 Å². The van der Waals surface area contributed by atoms with E-state index in [0.717, 1.165) is 5.56 Å². The molecule has 25 heavy (non-hydrogen) atoms. The zero-order valence-corrected chi connectivity index (χ0v) is 13.5. The smallest absolute Gasteiger partial charge is 0.337 e. The van der Waals surface area contributed by atoms with E-state index in [2.05, 4.69) is 15.2 Å². The van der Waals surface area contributed by atoms with Crippen molar-refractivity contribution in [2.45, 2.75) is 6.42 Å². The van der Waals surface area contributed by atoms with Gasteiger partial charge in [0.2, 0.25) is 5.76 Å². The van der Waals surface area contributed by atoms with E-state index in [1.165, 1.54) is 19.4 Å². The van der Waals surface area contributed by atoms with Gasteiger partial charge in [0, 0.05) is 12.6 Å². The summed E-state index contributed by atoms with van der Waals surface area (Å²) in [5.41, 5.74) is 1.67. The van der Waals surface area contributed by atoms with Gasteiger partial charge in [-0.15, -0.1) is 0 Å². The molecule has 0 aliphatic carbocycles. The standard InChI is InChI=1S/C18H16N2O5/c1-23-18(22)13-6-4-12(5-7-13)8-9-19-17(21)14-11-16(25-20-14)15-3-2-10-24-15/h2-7,10-11H,8-9H2,1H3,(H,19,21). The first kappa shape index (κ1) is 16.5. The van der Waals surface area contributed by atoms with Crippen LogP contribution in [-0.2, 0) is 11.2 Å². The molecule has 3 rings (SSSR count). The monoisotopic (exact) mass is 340 g/mol. The first-order chi connectivity index (χ1) is 12.2. The molecule has 0 radical (unpaired) electrons. The van der Waals surface area contributed by atoms with Gasteiger partial charge in [0.25, 0.3) is 5.91 Å². The Labute approximate surface area is 143 Å². The minimum absolute atomic E-state index is 0.187. The Hall–Kier alpha value is -3.35. The molecule has 0 aliphatic heterocycles. The lowest BCUT2D eigenvalue weighted by Gasteiger charge is -2.04. The summed E-state index contributed by atoms with van der Waals surface area (Å²) < 4.78 is 14.9. The van der Waals surface area contributed by atoms with Crippen LogP contribution in [-0.4, -0.2) is 30.7 Å². The lowest BCUT2D eigenvalue weighted by atomic mass is 10.1. The molecule has 3 aromatic rings. The van der Waals surface area contributed by atoms with Crippen LogP contribution in [0, 0.1) is 0 Å². The fraction of sp³-hybridized carbons (Fsp3) is 0.167. The number of benzene rings is 1. The van der Waals surface area contributed by atoms with Crippen LogP contribution in [0.2, 0.25) is 0 Å². The number of ether oxygens (including phenoxy) is 1. The minimum Gasteiger partial charge on any atom is -0.465 e. The molecule has 2 heterocycles. The second kappa shape index (κ2) is 7.48. The Morgan fingerprint density at radius 3 is 2.64 bits per heavy atom. The summed E-state index contributed by atoms with van der Waals surface area (Å²) in [6.45, 7) is 0.430. The van der Waals surface area contributed by atoms with E-state index >= 15 is 0 Å². The fourth-order valence-electron chi connectivity index (χ4n) is 2.25. The highest BCUT2D eigenvalue weighted by molar-refractivity contribution is 5.93. The number of methoxy groups -OCH3 is 1. The zero-order valence-electron chi connectivity index (χ0n) is 13.5. The number of hydrogen-bond acceptors (Lipinski definition) is 6. The summed E-state index contributed by atoms with van der Waals surface area (Å²) in [4.78, 5) is 23.4. The third-order valence-electron chi connectivity index (χ3n) is 3.58. The van der Waals surface area contributed by atoms with E-state index in [4.69, 9.17) is 8.94 Å². The summed E-state index contributed by atoms with van der Waals surface area (Å²) in [7, 11) is 1.34. The van der Waals surface area contributed by atoms with Gasteiger partial charge in [-0.05, 0) is 36.2 Å². The molecule has 0 fully saturated rings. The van der Waals surface area contributed by atoms with Crippen molar-refractivity contribution in [1.29, 1.82) is 0 Å². The van der Waals surface area contributed by atoms with Crippen molar-refractivity contribution >= 4 is 11.9 Å². The average Bonchev–Trinajstić information content (AvgIpc) is 3.32. The van der Waals surface area contributed by atoms with Gasteiger partial charge < -0.3 is 19.0 Å². The molecule has 0 saturated carbocycles. The first-order valence-electron chi connectivity index (χ1n) is 7.63. The van der Waals surface area contributed by atoms with E-state index in [0.29, 0.717) is 30.0 Å². The molecular weight excluding hydrogens is 324 g/mol. The summed E-state index contributed by atoms with van der Waals surface area (Å²) in [6, 6.07) is 12.0. The Morgan fingerprint density at radius 2 is 1.96 bits per heavy atom. The van der Waals surface area contributed by atoms with Gasteiger partial charge in [0.15, 0.2) is 11.5 Å². The van der Waals surface area contributed by atoms with Crippen LogP contribution < -0.4 is 5.32 Å². The van der Waals surface area contributed by atoms with Gasteiger partial charge in [-0.1, -0.05) is 17.3 Å². The van der Waals surface area contributed by atoms with Gasteiger partial charge >= 0.3 is 5.97 Å². The van der Waals surface area contributed by atoms with Crippen LogP contribution in [0.25, 0.3) is 11.5 Å². The number of nitrogens with one attached hydrogen (secondary N) is 1. The van der Waals surface area contributed by atoms with Crippen LogP contribution in [0.5, 0.6) is 0 Å². The van der Waals surface area contributed by atoms with Gasteiger partial charge in [-0.25, -0.2) is 4.79 Å². The van der Waals surface area contributed by atoms with Gasteiger partial charge in [-0.3, -0.25) is 4.79 Å². The molecular formula is C18H16N2O5. The normalized spacial score (nSPS) is 10.4. The van der Waals surface area contributed by atoms with Crippen LogP contribution in [0.1, 0.15) is 26.4 Å². The van der Waals surface area contributed by atoms with Gasteiger partial charge in [-0.2, -0.15) is 0 Å². The number of amides is 1. The summed E-state index contributed by atoms with van der Waals surface area (Å²) in [5.74, 6) is 0.205. The maximum Gasteiger partial charge on any atom is 0.337 e. The first-order valence-corrected chi connectivity index (χ1v) is 7.63. The molecule has 2 aromatic heterocycles. The maximum atomic E-state index is 12.1. The van der Waals surface area contributed by atoms with Crippen molar-refractivity contribution in [2.24, 2.45) is 0 Å². The SMILES string of the molecule is COC(=O)c1ccc(CCNC(=O)c2cc(-c3ccco3)on2)cc1. The number of hydrogen-bond donors (Lipinski definition) is 1. The number of aromatic nitrogens is 1.